The first kappa shape index (κ1) is 19.0. The number of benzene rings is 2. The van der Waals surface area contributed by atoms with Gasteiger partial charge in [-0.25, -0.2) is 14.4 Å². The van der Waals surface area contributed by atoms with Crippen LogP contribution in [0.2, 0.25) is 0 Å². The highest BCUT2D eigenvalue weighted by atomic mass is 19.3. The van der Waals surface area contributed by atoms with Crippen LogP contribution >= 0.6 is 0 Å². The van der Waals surface area contributed by atoms with Crippen LogP contribution in [0.25, 0.3) is 11.0 Å². The molecular weight excluding hydrogens is 385 g/mol. The van der Waals surface area contributed by atoms with Gasteiger partial charge in [-0.05, 0) is 36.4 Å². The van der Waals surface area contributed by atoms with E-state index in [1.807, 2.05) is 28.8 Å². The zero-order valence-electron chi connectivity index (χ0n) is 15.4. The van der Waals surface area contributed by atoms with E-state index in [0.29, 0.717) is 11.5 Å². The Morgan fingerprint density at radius 1 is 1.10 bits per heavy atom. The lowest BCUT2D eigenvalue weighted by atomic mass is 10.2. The molecule has 0 saturated carbocycles. The monoisotopic (exact) mass is 402 g/mol. The van der Waals surface area contributed by atoms with Gasteiger partial charge in [-0.2, -0.15) is 8.78 Å². The highest BCUT2D eigenvalue weighted by molar-refractivity contribution is 5.80. The maximum absolute atomic E-state index is 14.0. The van der Waals surface area contributed by atoms with Gasteiger partial charge in [0.2, 0.25) is 6.29 Å². The van der Waals surface area contributed by atoms with Crippen LogP contribution in [0.5, 0.6) is 5.75 Å². The minimum absolute atomic E-state index is 0.0124. The third-order valence-electron chi connectivity index (χ3n) is 4.38. The van der Waals surface area contributed by atoms with Gasteiger partial charge in [0, 0.05) is 19.0 Å². The molecule has 1 aliphatic rings. The topological polar surface area (TPSA) is 51.9 Å². The molecule has 3 aromatic rings. The minimum Gasteiger partial charge on any atom is -0.435 e. The van der Waals surface area contributed by atoms with Crippen LogP contribution in [0.1, 0.15) is 12.1 Å². The van der Waals surface area contributed by atoms with Gasteiger partial charge in [0.05, 0.1) is 17.2 Å². The number of halogens is 3. The number of aromatic nitrogens is 2. The van der Waals surface area contributed by atoms with E-state index in [1.54, 1.807) is 24.1 Å². The molecule has 1 unspecified atom stereocenters. The lowest BCUT2D eigenvalue weighted by Crippen LogP contribution is -2.30. The lowest BCUT2D eigenvalue weighted by molar-refractivity contribution is -0.0498. The molecule has 0 saturated heterocycles. The highest BCUT2D eigenvalue weighted by Crippen LogP contribution is 2.33. The third kappa shape index (κ3) is 3.81. The van der Waals surface area contributed by atoms with E-state index in [2.05, 4.69) is 14.7 Å². The number of methoxy groups -OCH3 is 1. The van der Waals surface area contributed by atoms with Crippen LogP contribution in [0.3, 0.4) is 0 Å². The summed E-state index contributed by atoms with van der Waals surface area (Å²) < 4.78 is 50.4. The van der Waals surface area contributed by atoms with Gasteiger partial charge < -0.3 is 14.4 Å². The first-order valence-corrected chi connectivity index (χ1v) is 8.75. The van der Waals surface area contributed by atoms with Gasteiger partial charge in [0.1, 0.15) is 18.2 Å². The number of hydrogen-bond donors (Lipinski definition) is 0. The van der Waals surface area contributed by atoms with Crippen molar-refractivity contribution in [1.29, 1.82) is 0 Å². The SMILES string of the molecule is COCc1nc2ccccc2n1C1N=CC(F)=CN1c1ccc(OC(F)F)cc1. The number of aliphatic imine (C=N–C) groups is 1. The number of hydrogen-bond acceptors (Lipinski definition) is 5. The Labute approximate surface area is 164 Å². The molecule has 1 aliphatic heterocycles. The molecule has 0 fully saturated rings. The van der Waals surface area contributed by atoms with E-state index in [4.69, 9.17) is 4.74 Å². The van der Waals surface area contributed by atoms with Crippen molar-refractivity contribution in [2.75, 3.05) is 12.0 Å². The van der Waals surface area contributed by atoms with Crippen LogP contribution in [-0.2, 0) is 11.3 Å². The highest BCUT2D eigenvalue weighted by Gasteiger charge is 2.26. The summed E-state index contributed by atoms with van der Waals surface area (Å²) in [5.41, 5.74) is 2.11. The second-order valence-corrected chi connectivity index (χ2v) is 6.24. The second-order valence-electron chi connectivity index (χ2n) is 6.24. The zero-order chi connectivity index (χ0) is 20.4. The lowest BCUT2D eigenvalue weighted by Gasteiger charge is -2.32. The fourth-order valence-corrected chi connectivity index (χ4v) is 3.22. The number of anilines is 1. The van der Waals surface area contributed by atoms with Crippen molar-refractivity contribution in [3.63, 3.8) is 0 Å². The fourth-order valence-electron chi connectivity index (χ4n) is 3.22. The smallest absolute Gasteiger partial charge is 0.387 e. The number of allylic oxidation sites excluding steroid dienone is 1. The van der Waals surface area contributed by atoms with Crippen molar-refractivity contribution in [1.82, 2.24) is 9.55 Å². The first-order valence-electron chi connectivity index (χ1n) is 8.75. The molecule has 29 heavy (non-hydrogen) atoms. The average molecular weight is 402 g/mol. The summed E-state index contributed by atoms with van der Waals surface area (Å²) in [6.07, 6.45) is 1.77. The van der Waals surface area contributed by atoms with Gasteiger partial charge in [-0.3, -0.25) is 4.57 Å². The summed E-state index contributed by atoms with van der Waals surface area (Å²) in [6.45, 7) is -2.68. The second kappa shape index (κ2) is 7.96. The largest absolute Gasteiger partial charge is 0.435 e. The molecule has 0 amide bonds. The molecule has 150 valence electrons. The predicted octanol–water partition coefficient (Wildman–Crippen LogP) is 4.64. The Balaban J connectivity index is 1.77. The maximum Gasteiger partial charge on any atom is 0.387 e. The third-order valence-corrected chi connectivity index (χ3v) is 4.38. The molecule has 0 aliphatic carbocycles. The number of fused-ring (bicyclic) bond motifs is 1. The zero-order valence-corrected chi connectivity index (χ0v) is 15.4. The predicted molar refractivity (Wildman–Crippen MR) is 103 cm³/mol. The molecule has 0 bridgehead atoms. The Bertz CT molecular complexity index is 1060. The quantitative estimate of drug-likeness (QED) is 0.603. The number of nitrogens with zero attached hydrogens (tertiary/aromatic N) is 4. The molecule has 6 nitrogen and oxygen atoms in total. The molecule has 0 N–H and O–H groups in total. The first-order chi connectivity index (χ1) is 14.1. The van der Waals surface area contributed by atoms with E-state index in [9.17, 15) is 13.2 Å². The number of imidazole rings is 1. The molecule has 9 heteroatoms. The molecule has 2 aromatic carbocycles. The van der Waals surface area contributed by atoms with Gasteiger partial charge in [-0.1, -0.05) is 12.1 Å². The van der Waals surface area contributed by atoms with Crippen molar-refractivity contribution < 1.29 is 22.6 Å². The summed E-state index contributed by atoms with van der Waals surface area (Å²) >= 11 is 0. The molecule has 4 rings (SSSR count). The molecular formula is C20H17F3N4O2. The van der Waals surface area contributed by atoms with Crippen molar-refractivity contribution in [2.24, 2.45) is 4.99 Å². The summed E-state index contributed by atoms with van der Waals surface area (Å²) in [4.78, 5) is 10.5. The van der Waals surface area contributed by atoms with Gasteiger partial charge in [0.25, 0.3) is 0 Å². The number of rotatable bonds is 6. The van der Waals surface area contributed by atoms with E-state index >= 15 is 0 Å². The summed E-state index contributed by atoms with van der Waals surface area (Å²) in [5.74, 6) is 0.0968. The van der Waals surface area contributed by atoms with Crippen LogP contribution in [0.4, 0.5) is 18.9 Å². The van der Waals surface area contributed by atoms with Gasteiger partial charge in [0.15, 0.2) is 5.83 Å². The number of alkyl halides is 2. The standard InChI is InChI=1S/C20H17F3N4O2/c1-28-12-18-25-16-4-2-3-5-17(16)27(18)20-24-10-13(21)11-26(20)14-6-8-15(9-7-14)29-19(22)23/h2-11,19-20H,12H2,1H3. The van der Waals surface area contributed by atoms with Crippen molar-refractivity contribution in [3.8, 4) is 5.75 Å². The normalized spacial score (nSPS) is 16.5. The molecule has 1 aromatic heterocycles. The van der Waals surface area contributed by atoms with Crippen LogP contribution in [0, 0.1) is 0 Å². The number of para-hydroxylation sites is 2. The average Bonchev–Trinajstić information content (AvgIpc) is 3.06. The van der Waals surface area contributed by atoms with Crippen LogP contribution in [-0.4, -0.2) is 29.5 Å². The Hall–Kier alpha value is -3.33. The van der Waals surface area contributed by atoms with Crippen molar-refractivity contribution in [3.05, 3.63) is 66.4 Å². The minimum atomic E-state index is -2.92. The molecule has 0 radical (unpaired) electrons. The van der Waals surface area contributed by atoms with E-state index < -0.39 is 18.7 Å². The molecule has 1 atom stereocenters. The molecule has 0 spiro atoms. The van der Waals surface area contributed by atoms with Crippen molar-refractivity contribution in [2.45, 2.75) is 19.5 Å². The van der Waals surface area contributed by atoms with Crippen molar-refractivity contribution >= 4 is 22.9 Å². The summed E-state index contributed by atoms with van der Waals surface area (Å²) in [5, 5.41) is 0. The Morgan fingerprint density at radius 2 is 1.86 bits per heavy atom. The van der Waals surface area contributed by atoms with Crippen LogP contribution < -0.4 is 9.64 Å². The van der Waals surface area contributed by atoms with E-state index in [1.165, 1.54) is 18.3 Å². The number of ether oxygens (including phenoxy) is 2. The van der Waals surface area contributed by atoms with E-state index in [-0.39, 0.29) is 12.4 Å². The maximum atomic E-state index is 14.0. The Kier molecular flexibility index (Phi) is 5.22. The van der Waals surface area contributed by atoms with E-state index in [0.717, 1.165) is 17.2 Å². The summed E-state index contributed by atoms with van der Waals surface area (Å²) in [6, 6.07) is 13.4. The summed E-state index contributed by atoms with van der Waals surface area (Å²) in [7, 11) is 1.56. The van der Waals surface area contributed by atoms with Gasteiger partial charge >= 0.3 is 6.61 Å². The molecule has 2 heterocycles. The van der Waals surface area contributed by atoms with Gasteiger partial charge in [-0.15, -0.1) is 0 Å². The Morgan fingerprint density at radius 3 is 2.59 bits per heavy atom. The van der Waals surface area contributed by atoms with Crippen LogP contribution in [0.15, 0.2) is 65.6 Å². The fraction of sp³-hybridized carbons (Fsp3) is 0.200.